The average Bonchev–Trinajstić information content (AvgIpc) is 3.03. The van der Waals surface area contributed by atoms with Gasteiger partial charge in [0.05, 0.1) is 12.2 Å². The smallest absolute Gasteiger partial charge is 0.399 e. The Hall–Kier alpha value is -3.43. The normalized spacial score (nSPS) is 20.4. The summed E-state index contributed by atoms with van der Waals surface area (Å²) in [5, 5.41) is 4.29. The Morgan fingerprint density at radius 1 is 1.18 bits per heavy atom. The number of carbonyl (C=O) groups excluding carboxylic acids is 1. The highest BCUT2D eigenvalue weighted by Gasteiger charge is 2.46. The molecule has 4 N–H and O–H groups in total. The van der Waals surface area contributed by atoms with E-state index in [1.54, 1.807) is 42.5 Å². The molecule has 2 heterocycles. The third kappa shape index (κ3) is 3.06. The molecule has 0 aromatic heterocycles. The van der Waals surface area contributed by atoms with E-state index in [4.69, 9.17) is 25.8 Å². The summed E-state index contributed by atoms with van der Waals surface area (Å²) >= 11 is 0. The van der Waals surface area contributed by atoms with E-state index in [1.807, 2.05) is 6.92 Å². The number of nitrogens with zero attached hydrogens (tertiary/aromatic N) is 3. The first-order chi connectivity index (χ1) is 13.5. The van der Waals surface area contributed by atoms with Gasteiger partial charge < -0.3 is 19.9 Å². The second-order valence-corrected chi connectivity index (χ2v) is 6.20. The average molecular weight is 382 g/mol. The minimum absolute atomic E-state index is 0.128. The van der Waals surface area contributed by atoms with Gasteiger partial charge >= 0.3 is 11.9 Å². The predicted octanol–water partition coefficient (Wildman–Crippen LogP) is 1.38. The summed E-state index contributed by atoms with van der Waals surface area (Å²) in [5.41, 5.74) is 6.93. The molecule has 0 saturated heterocycles. The van der Waals surface area contributed by atoms with Gasteiger partial charge in [-0.25, -0.2) is 4.79 Å². The van der Waals surface area contributed by atoms with Gasteiger partial charge in [-0.05, 0) is 48.4 Å². The number of guanidine groups is 1. The molecule has 28 heavy (non-hydrogen) atoms. The zero-order valence-corrected chi connectivity index (χ0v) is 15.3. The van der Waals surface area contributed by atoms with Crippen molar-refractivity contribution in [1.29, 1.82) is 0 Å². The number of benzene rings is 2. The molecule has 1 atom stereocenters. The lowest BCUT2D eigenvalue weighted by atomic mass is 10.2. The molecule has 0 aliphatic carbocycles. The van der Waals surface area contributed by atoms with Gasteiger partial charge in [0.1, 0.15) is 19.0 Å². The molecule has 4 rings (SSSR count). The molecule has 2 aliphatic rings. The predicted molar refractivity (Wildman–Crippen MR) is 102 cm³/mol. The maximum absolute atomic E-state index is 13.0. The molecule has 0 fully saturated rings. The summed E-state index contributed by atoms with van der Waals surface area (Å²) in [4.78, 5) is 17.2. The Morgan fingerprint density at radius 3 is 2.75 bits per heavy atom. The van der Waals surface area contributed by atoms with Crippen molar-refractivity contribution in [3.8, 4) is 17.2 Å². The van der Waals surface area contributed by atoms with E-state index in [0.717, 1.165) is 0 Å². The van der Waals surface area contributed by atoms with Crippen molar-refractivity contribution in [3.05, 3.63) is 53.6 Å². The molecule has 2 aromatic rings. The van der Waals surface area contributed by atoms with Crippen molar-refractivity contribution < 1.29 is 23.7 Å². The molecular weight excluding hydrogens is 362 g/mol. The number of carbonyl (C=O) groups is 1. The van der Waals surface area contributed by atoms with Crippen molar-refractivity contribution in [2.45, 2.75) is 6.92 Å². The molecule has 0 radical (unpaired) electrons. The standard InChI is InChI=1S/C19H20N5O4/c1-2-26-14-5-3-4-13(10-14)18(25)24(21)19(20)22-17(23-24)12-6-7-15-16(11-12)28-9-8-27-15/h3-7,10-11H,2,8-9,21H2,1H3,(H2,20,22,23)/q+1. The molecule has 1 unspecified atom stereocenters. The van der Waals surface area contributed by atoms with Crippen molar-refractivity contribution >= 4 is 17.7 Å². The quantitative estimate of drug-likeness (QED) is 0.468. The van der Waals surface area contributed by atoms with Crippen LogP contribution in [0.4, 0.5) is 0 Å². The van der Waals surface area contributed by atoms with Gasteiger partial charge in [0.2, 0.25) is 5.84 Å². The topological polar surface area (TPSA) is 122 Å². The molecule has 9 nitrogen and oxygen atoms in total. The number of fused-ring (bicyclic) bond motifs is 1. The van der Waals surface area contributed by atoms with Crippen LogP contribution < -0.4 is 25.8 Å². The monoisotopic (exact) mass is 382 g/mol. The number of ether oxygens (including phenoxy) is 3. The molecule has 0 spiro atoms. The molecule has 2 aromatic carbocycles. The molecule has 0 saturated carbocycles. The van der Waals surface area contributed by atoms with Crippen LogP contribution in [0.15, 0.2) is 52.6 Å². The Labute approximate surface area is 161 Å². The van der Waals surface area contributed by atoms with E-state index in [9.17, 15) is 4.79 Å². The minimum Gasteiger partial charge on any atom is -0.494 e. The highest BCUT2D eigenvalue weighted by Crippen LogP contribution is 2.32. The highest BCUT2D eigenvalue weighted by molar-refractivity contribution is 6.10. The van der Waals surface area contributed by atoms with Gasteiger partial charge in [-0.15, -0.1) is 10.8 Å². The number of quaternary nitrogens is 1. The second-order valence-electron chi connectivity index (χ2n) is 6.20. The van der Waals surface area contributed by atoms with Crippen LogP contribution in [0.25, 0.3) is 0 Å². The van der Waals surface area contributed by atoms with Gasteiger partial charge in [-0.3, -0.25) is 0 Å². The minimum atomic E-state index is -0.987. The summed E-state index contributed by atoms with van der Waals surface area (Å²) in [6, 6.07) is 12.0. The Balaban J connectivity index is 1.67. The Morgan fingerprint density at radius 2 is 1.96 bits per heavy atom. The molecular formula is C19H20N5O4+. The number of rotatable bonds is 4. The fourth-order valence-corrected chi connectivity index (χ4v) is 2.94. The van der Waals surface area contributed by atoms with Gasteiger partial charge in [-0.1, -0.05) is 6.07 Å². The van der Waals surface area contributed by atoms with E-state index >= 15 is 0 Å². The van der Waals surface area contributed by atoms with E-state index in [-0.39, 0.29) is 11.8 Å². The summed E-state index contributed by atoms with van der Waals surface area (Å²) in [6.07, 6.45) is 0. The van der Waals surface area contributed by atoms with Crippen LogP contribution in [0, 0.1) is 0 Å². The van der Waals surface area contributed by atoms with Crippen LogP contribution in [0.5, 0.6) is 17.2 Å². The first kappa shape index (κ1) is 18.0. The molecule has 1 amide bonds. The van der Waals surface area contributed by atoms with Crippen LogP contribution >= 0.6 is 0 Å². The zero-order valence-electron chi connectivity index (χ0n) is 15.3. The second kappa shape index (κ2) is 6.95. The third-order valence-electron chi connectivity index (χ3n) is 4.32. The summed E-state index contributed by atoms with van der Waals surface area (Å²) in [5.74, 6) is 7.60. The van der Waals surface area contributed by atoms with Crippen LogP contribution in [0.2, 0.25) is 0 Å². The first-order valence-corrected chi connectivity index (χ1v) is 8.81. The SMILES string of the molecule is CCOc1cccc(C(=O)[N+]2(N)N=C(c3ccc4c(c3)OCCO4)N=C2N)c1. The number of aliphatic imine (C=N–C) groups is 1. The van der Waals surface area contributed by atoms with E-state index in [2.05, 4.69) is 10.1 Å². The fourth-order valence-electron chi connectivity index (χ4n) is 2.94. The summed E-state index contributed by atoms with van der Waals surface area (Å²) < 4.78 is 15.5. The largest absolute Gasteiger partial charge is 0.494 e. The number of hydrogen-bond acceptors (Lipinski definition) is 8. The molecule has 9 heteroatoms. The summed E-state index contributed by atoms with van der Waals surface area (Å²) in [7, 11) is 0. The first-order valence-electron chi connectivity index (χ1n) is 8.81. The van der Waals surface area contributed by atoms with Crippen LogP contribution in [-0.4, -0.2) is 42.2 Å². The number of nitrogens with two attached hydrogens (primary N) is 2. The van der Waals surface area contributed by atoms with Crippen molar-refractivity contribution in [1.82, 2.24) is 0 Å². The molecule has 0 bridgehead atoms. The highest BCUT2D eigenvalue weighted by atomic mass is 16.6. The van der Waals surface area contributed by atoms with Gasteiger partial charge in [0, 0.05) is 10.3 Å². The Bertz CT molecular complexity index is 1000. The zero-order chi connectivity index (χ0) is 19.7. The fraction of sp³-hybridized carbons (Fsp3) is 0.211. The van der Waals surface area contributed by atoms with E-state index < -0.39 is 10.6 Å². The van der Waals surface area contributed by atoms with E-state index in [0.29, 0.717) is 48.2 Å². The van der Waals surface area contributed by atoms with Crippen molar-refractivity contribution in [2.75, 3.05) is 19.8 Å². The van der Waals surface area contributed by atoms with Crippen LogP contribution in [0.3, 0.4) is 0 Å². The maximum atomic E-state index is 13.0. The van der Waals surface area contributed by atoms with Crippen LogP contribution in [0.1, 0.15) is 22.8 Å². The van der Waals surface area contributed by atoms with Crippen LogP contribution in [-0.2, 0) is 0 Å². The lowest BCUT2D eigenvalue weighted by Crippen LogP contribution is -2.60. The molecule has 2 aliphatic heterocycles. The maximum Gasteiger partial charge on any atom is 0.399 e. The van der Waals surface area contributed by atoms with Gasteiger partial charge in [0.25, 0.3) is 0 Å². The Kier molecular flexibility index (Phi) is 4.46. The number of hydrogen-bond donors (Lipinski definition) is 2. The summed E-state index contributed by atoms with van der Waals surface area (Å²) in [6.45, 7) is 3.30. The molecule has 144 valence electrons. The van der Waals surface area contributed by atoms with Crippen molar-refractivity contribution in [2.24, 2.45) is 21.7 Å². The van der Waals surface area contributed by atoms with E-state index in [1.165, 1.54) is 0 Å². The third-order valence-corrected chi connectivity index (χ3v) is 4.32. The lowest BCUT2D eigenvalue weighted by Gasteiger charge is -2.18. The lowest BCUT2D eigenvalue weighted by molar-refractivity contribution is -0.774. The van der Waals surface area contributed by atoms with Gasteiger partial charge in [0.15, 0.2) is 11.5 Å². The van der Waals surface area contributed by atoms with Gasteiger partial charge in [-0.2, -0.15) is 0 Å². The van der Waals surface area contributed by atoms with Crippen molar-refractivity contribution in [3.63, 3.8) is 0 Å². The number of amidine groups is 1. The number of amides is 1.